The van der Waals surface area contributed by atoms with Crippen LogP contribution in [0.5, 0.6) is 0 Å². The summed E-state index contributed by atoms with van der Waals surface area (Å²) < 4.78 is 0. The van der Waals surface area contributed by atoms with Gasteiger partial charge in [-0.25, -0.2) is 9.78 Å². The van der Waals surface area contributed by atoms with Crippen LogP contribution in [0.15, 0.2) is 18.3 Å². The van der Waals surface area contributed by atoms with Crippen molar-refractivity contribution in [3.05, 3.63) is 23.4 Å². The van der Waals surface area contributed by atoms with E-state index in [1.54, 1.807) is 12.1 Å². The topological polar surface area (TPSA) is 71.1 Å². The van der Waals surface area contributed by atoms with Gasteiger partial charge in [0.1, 0.15) is 12.1 Å². The molecule has 2 rings (SSSR count). The van der Waals surface area contributed by atoms with Crippen LogP contribution in [0.4, 0.5) is 10.6 Å². The molecule has 0 aromatic carbocycles. The highest BCUT2D eigenvalue weighted by Gasteiger charge is 2.44. The van der Waals surface area contributed by atoms with E-state index in [1.807, 2.05) is 0 Å². The number of amides is 2. The van der Waals surface area contributed by atoms with E-state index in [4.69, 9.17) is 11.6 Å². The molecule has 84 valence electrons. The fraction of sp³-hybridized carbons (Fsp3) is 0.300. The van der Waals surface area contributed by atoms with Crippen molar-refractivity contribution in [1.29, 1.82) is 0 Å². The molecule has 1 fully saturated rings. The molecule has 2 N–H and O–H groups in total. The number of urea groups is 1. The fourth-order valence-corrected chi connectivity index (χ4v) is 1.34. The predicted octanol–water partition coefficient (Wildman–Crippen LogP) is 1.59. The highest BCUT2D eigenvalue weighted by molar-refractivity contribution is 6.30. The number of nitrogens with one attached hydrogen (secondary N) is 2. The number of carbonyl (C=O) groups is 2. The molecule has 2 amide bonds. The Hall–Kier alpha value is -1.62. The van der Waals surface area contributed by atoms with Crippen molar-refractivity contribution in [3.8, 4) is 0 Å². The molecule has 16 heavy (non-hydrogen) atoms. The Bertz CT molecular complexity index is 415. The van der Waals surface area contributed by atoms with Crippen molar-refractivity contribution >= 4 is 29.7 Å². The monoisotopic (exact) mass is 239 g/mol. The molecular weight excluding hydrogens is 230 g/mol. The minimum absolute atomic E-state index is 0.392. The summed E-state index contributed by atoms with van der Waals surface area (Å²) in [6.07, 6.45) is 3.58. The standard InChI is InChI=1S/C10H10ClN3O2/c11-7-1-2-8(12-5-7)13-9(16)14-10(6-15)3-4-10/h1-2,5-6H,3-4H2,(H2,12,13,14,16). The molecular formula is C10H10ClN3O2. The van der Waals surface area contributed by atoms with Crippen LogP contribution < -0.4 is 10.6 Å². The minimum Gasteiger partial charge on any atom is -0.326 e. The second kappa shape index (κ2) is 4.09. The molecule has 1 aromatic heterocycles. The minimum atomic E-state index is -0.656. The second-order valence-electron chi connectivity index (χ2n) is 3.71. The third-order valence-electron chi connectivity index (χ3n) is 2.35. The maximum absolute atomic E-state index is 11.5. The lowest BCUT2D eigenvalue weighted by atomic mass is 10.3. The highest BCUT2D eigenvalue weighted by atomic mass is 35.5. The molecule has 1 aliphatic rings. The zero-order valence-corrected chi connectivity index (χ0v) is 9.12. The van der Waals surface area contributed by atoms with Gasteiger partial charge in [0.15, 0.2) is 0 Å². The average Bonchev–Trinajstić information content (AvgIpc) is 3.02. The van der Waals surface area contributed by atoms with E-state index in [1.165, 1.54) is 6.20 Å². The lowest BCUT2D eigenvalue weighted by Gasteiger charge is -2.10. The Labute approximate surface area is 97.2 Å². The smallest absolute Gasteiger partial charge is 0.321 e. The summed E-state index contributed by atoms with van der Waals surface area (Å²) in [5.41, 5.74) is -0.656. The van der Waals surface area contributed by atoms with Gasteiger partial charge in [0.25, 0.3) is 0 Å². The first-order chi connectivity index (χ1) is 7.63. The van der Waals surface area contributed by atoms with Gasteiger partial charge >= 0.3 is 6.03 Å². The van der Waals surface area contributed by atoms with Gasteiger partial charge < -0.3 is 10.1 Å². The van der Waals surface area contributed by atoms with Gasteiger partial charge in [0, 0.05) is 6.20 Å². The van der Waals surface area contributed by atoms with E-state index in [0.29, 0.717) is 23.7 Å². The molecule has 1 aromatic rings. The Morgan fingerprint density at radius 1 is 1.50 bits per heavy atom. The average molecular weight is 240 g/mol. The summed E-state index contributed by atoms with van der Waals surface area (Å²) in [4.78, 5) is 26.0. The van der Waals surface area contributed by atoms with Crippen molar-refractivity contribution in [1.82, 2.24) is 10.3 Å². The number of aromatic nitrogens is 1. The molecule has 5 nitrogen and oxygen atoms in total. The first kappa shape index (κ1) is 10.9. The summed E-state index contributed by atoms with van der Waals surface area (Å²) in [5.74, 6) is 0.392. The van der Waals surface area contributed by atoms with Gasteiger partial charge in [-0.2, -0.15) is 0 Å². The van der Waals surface area contributed by atoms with E-state index < -0.39 is 11.6 Å². The normalized spacial score (nSPS) is 16.3. The van der Waals surface area contributed by atoms with Crippen molar-refractivity contribution in [2.45, 2.75) is 18.4 Å². The third kappa shape index (κ3) is 2.49. The zero-order valence-electron chi connectivity index (χ0n) is 8.37. The number of aldehydes is 1. The number of hydrogen-bond acceptors (Lipinski definition) is 3. The van der Waals surface area contributed by atoms with Crippen molar-refractivity contribution in [2.24, 2.45) is 0 Å². The number of halogens is 1. The number of pyridine rings is 1. The van der Waals surface area contributed by atoms with E-state index >= 15 is 0 Å². The molecule has 1 saturated carbocycles. The maximum Gasteiger partial charge on any atom is 0.321 e. The predicted molar refractivity (Wildman–Crippen MR) is 59.4 cm³/mol. The molecule has 0 unspecified atom stereocenters. The molecule has 6 heteroatoms. The maximum atomic E-state index is 11.5. The molecule has 1 heterocycles. The summed E-state index contributed by atoms with van der Waals surface area (Å²) >= 11 is 5.65. The van der Waals surface area contributed by atoms with Crippen LogP contribution in [-0.2, 0) is 4.79 Å². The van der Waals surface area contributed by atoms with Gasteiger partial charge in [0.2, 0.25) is 0 Å². The van der Waals surface area contributed by atoms with E-state index in [-0.39, 0.29) is 0 Å². The summed E-state index contributed by atoms with van der Waals surface area (Å²) in [6, 6.07) is 2.78. The molecule has 0 radical (unpaired) electrons. The van der Waals surface area contributed by atoms with Gasteiger partial charge in [0.05, 0.1) is 10.6 Å². The van der Waals surface area contributed by atoms with E-state index in [0.717, 1.165) is 6.29 Å². The van der Waals surface area contributed by atoms with E-state index in [2.05, 4.69) is 15.6 Å². The SMILES string of the molecule is O=CC1(NC(=O)Nc2ccc(Cl)cn2)CC1. The van der Waals surface area contributed by atoms with Crippen LogP contribution in [0, 0.1) is 0 Å². The van der Waals surface area contributed by atoms with Gasteiger partial charge in [-0.15, -0.1) is 0 Å². The zero-order chi connectivity index (χ0) is 11.6. The summed E-state index contributed by atoms with van der Waals surface area (Å²) in [5, 5.41) is 5.61. The first-order valence-electron chi connectivity index (χ1n) is 4.81. The largest absolute Gasteiger partial charge is 0.326 e. The van der Waals surface area contributed by atoms with Crippen molar-refractivity contribution in [2.75, 3.05) is 5.32 Å². The lowest BCUT2D eigenvalue weighted by Crippen LogP contribution is -2.40. The lowest BCUT2D eigenvalue weighted by molar-refractivity contribution is -0.110. The second-order valence-corrected chi connectivity index (χ2v) is 4.15. The third-order valence-corrected chi connectivity index (χ3v) is 2.57. The Morgan fingerprint density at radius 3 is 2.75 bits per heavy atom. The van der Waals surface area contributed by atoms with Crippen molar-refractivity contribution in [3.63, 3.8) is 0 Å². The summed E-state index contributed by atoms with van der Waals surface area (Å²) in [6.45, 7) is 0. The molecule has 0 spiro atoms. The molecule has 0 aliphatic heterocycles. The van der Waals surface area contributed by atoms with Crippen molar-refractivity contribution < 1.29 is 9.59 Å². The number of anilines is 1. The summed E-state index contributed by atoms with van der Waals surface area (Å²) in [7, 11) is 0. The van der Waals surface area contributed by atoms with Crippen LogP contribution in [0.1, 0.15) is 12.8 Å². The Kier molecular flexibility index (Phi) is 2.78. The molecule has 0 saturated heterocycles. The van der Waals surface area contributed by atoms with Crippen LogP contribution in [0.25, 0.3) is 0 Å². The van der Waals surface area contributed by atoms with Crippen LogP contribution in [-0.4, -0.2) is 22.8 Å². The number of rotatable bonds is 3. The Balaban J connectivity index is 1.92. The van der Waals surface area contributed by atoms with Crippen LogP contribution >= 0.6 is 11.6 Å². The quantitative estimate of drug-likeness (QED) is 0.787. The van der Waals surface area contributed by atoms with Gasteiger partial charge in [-0.05, 0) is 25.0 Å². The fourth-order valence-electron chi connectivity index (χ4n) is 1.23. The molecule has 0 bridgehead atoms. The highest BCUT2D eigenvalue weighted by Crippen LogP contribution is 2.32. The van der Waals surface area contributed by atoms with Gasteiger partial charge in [-0.3, -0.25) is 5.32 Å². The van der Waals surface area contributed by atoms with Crippen LogP contribution in [0.2, 0.25) is 5.02 Å². The number of carbonyl (C=O) groups excluding carboxylic acids is 2. The van der Waals surface area contributed by atoms with Gasteiger partial charge in [-0.1, -0.05) is 11.6 Å². The van der Waals surface area contributed by atoms with E-state index in [9.17, 15) is 9.59 Å². The molecule has 0 atom stereocenters. The molecule has 1 aliphatic carbocycles. The Morgan fingerprint density at radius 2 is 2.25 bits per heavy atom. The number of hydrogen-bond donors (Lipinski definition) is 2. The first-order valence-corrected chi connectivity index (χ1v) is 5.18. The van der Waals surface area contributed by atoms with Crippen LogP contribution in [0.3, 0.4) is 0 Å². The number of nitrogens with zero attached hydrogens (tertiary/aromatic N) is 1.